The van der Waals surface area contributed by atoms with E-state index in [9.17, 15) is 9.59 Å². The van der Waals surface area contributed by atoms with E-state index >= 15 is 0 Å². The van der Waals surface area contributed by atoms with Gasteiger partial charge in [-0.2, -0.15) is 0 Å². The number of carboxylic acids is 1. The van der Waals surface area contributed by atoms with Crippen LogP contribution in [0.5, 0.6) is 5.75 Å². The molecule has 0 aliphatic heterocycles. The summed E-state index contributed by atoms with van der Waals surface area (Å²) in [6, 6.07) is 15.1. The fourth-order valence-electron chi connectivity index (χ4n) is 2.62. The number of aryl methyl sites for hydroxylation is 1. The van der Waals surface area contributed by atoms with E-state index in [1.165, 1.54) is 13.2 Å². The third-order valence-corrected chi connectivity index (χ3v) is 4.28. The van der Waals surface area contributed by atoms with Crippen LogP contribution in [-0.4, -0.2) is 29.2 Å². The van der Waals surface area contributed by atoms with Crippen molar-refractivity contribution in [1.82, 2.24) is 5.32 Å². The van der Waals surface area contributed by atoms with Gasteiger partial charge in [0.1, 0.15) is 11.5 Å². The molecule has 3 rings (SSSR count). The zero-order valence-electron chi connectivity index (χ0n) is 15.7. The number of amides is 1. The normalized spacial score (nSPS) is 10.3. The van der Waals surface area contributed by atoms with Crippen molar-refractivity contribution in [2.75, 3.05) is 12.4 Å². The van der Waals surface area contributed by atoms with Gasteiger partial charge in [0.2, 0.25) is 5.76 Å². The molecule has 0 spiro atoms. The van der Waals surface area contributed by atoms with Crippen LogP contribution < -0.4 is 15.4 Å². The minimum Gasteiger partial charge on any atom is -0.496 e. The molecule has 3 N–H and O–H groups in total. The average molecular weight is 410 g/mol. The number of carboxylic acid groups (broad SMARTS) is 1. The van der Waals surface area contributed by atoms with Crippen molar-refractivity contribution in [3.05, 3.63) is 71.5 Å². The summed E-state index contributed by atoms with van der Waals surface area (Å²) >= 11 is 5.22. The lowest BCUT2D eigenvalue weighted by Gasteiger charge is -2.12. The van der Waals surface area contributed by atoms with Crippen LogP contribution in [0.15, 0.2) is 59.0 Å². The molecule has 1 aromatic heterocycles. The molecular weight excluding hydrogens is 392 g/mol. The predicted octanol–water partition coefficient (Wildman–Crippen LogP) is 4.09. The molecule has 8 heteroatoms. The smallest absolute Gasteiger partial charge is 0.371 e. The van der Waals surface area contributed by atoms with E-state index in [4.69, 9.17) is 26.5 Å². The van der Waals surface area contributed by atoms with Gasteiger partial charge in [0.15, 0.2) is 5.11 Å². The van der Waals surface area contributed by atoms with Gasteiger partial charge in [0, 0.05) is 11.3 Å². The highest BCUT2D eigenvalue weighted by Crippen LogP contribution is 2.33. The summed E-state index contributed by atoms with van der Waals surface area (Å²) in [5, 5.41) is 14.7. The number of hydrogen-bond acceptors (Lipinski definition) is 5. The zero-order chi connectivity index (χ0) is 21.0. The molecule has 0 atom stereocenters. The molecule has 2 aromatic carbocycles. The third-order valence-electron chi connectivity index (χ3n) is 4.08. The first-order valence-corrected chi connectivity index (χ1v) is 8.98. The van der Waals surface area contributed by atoms with E-state index < -0.39 is 5.97 Å². The van der Waals surface area contributed by atoms with E-state index in [0.717, 1.165) is 5.56 Å². The molecule has 1 heterocycles. The van der Waals surface area contributed by atoms with E-state index in [1.54, 1.807) is 36.4 Å². The number of ether oxygens (including phenoxy) is 1. The number of hydrogen-bond donors (Lipinski definition) is 3. The largest absolute Gasteiger partial charge is 0.496 e. The molecule has 0 saturated heterocycles. The van der Waals surface area contributed by atoms with Crippen LogP contribution in [0.4, 0.5) is 5.69 Å². The number of benzene rings is 2. The van der Waals surface area contributed by atoms with Crippen LogP contribution >= 0.6 is 12.2 Å². The van der Waals surface area contributed by atoms with E-state index in [2.05, 4.69) is 10.6 Å². The molecule has 0 radical (unpaired) electrons. The maximum Gasteiger partial charge on any atom is 0.371 e. The van der Waals surface area contributed by atoms with Crippen molar-refractivity contribution in [1.29, 1.82) is 0 Å². The summed E-state index contributed by atoms with van der Waals surface area (Å²) in [6.45, 7) is 1.94. The Morgan fingerprint density at radius 2 is 1.79 bits per heavy atom. The number of furan rings is 1. The number of aromatic carboxylic acids is 1. The van der Waals surface area contributed by atoms with Gasteiger partial charge in [-0.05, 0) is 61.6 Å². The predicted molar refractivity (Wildman–Crippen MR) is 113 cm³/mol. The van der Waals surface area contributed by atoms with Crippen LogP contribution in [0.2, 0.25) is 0 Å². The maximum atomic E-state index is 12.3. The summed E-state index contributed by atoms with van der Waals surface area (Å²) in [4.78, 5) is 23.3. The van der Waals surface area contributed by atoms with Crippen molar-refractivity contribution in [2.24, 2.45) is 0 Å². The maximum absolute atomic E-state index is 12.3. The summed E-state index contributed by atoms with van der Waals surface area (Å²) in [7, 11) is 1.50. The monoisotopic (exact) mass is 410 g/mol. The van der Waals surface area contributed by atoms with Crippen LogP contribution in [0, 0.1) is 6.92 Å². The molecule has 148 valence electrons. The van der Waals surface area contributed by atoms with Gasteiger partial charge in [0.05, 0.1) is 12.7 Å². The number of nitrogens with one attached hydrogen (secondary N) is 2. The summed E-state index contributed by atoms with van der Waals surface area (Å²) in [5.41, 5.74) is 2.66. The Kier molecular flexibility index (Phi) is 5.94. The lowest BCUT2D eigenvalue weighted by Crippen LogP contribution is -2.34. The second-order valence-corrected chi connectivity index (χ2v) is 6.57. The number of carbonyl (C=O) groups is 2. The fourth-order valence-corrected chi connectivity index (χ4v) is 2.83. The molecule has 1 amide bonds. The second-order valence-electron chi connectivity index (χ2n) is 6.16. The lowest BCUT2D eigenvalue weighted by atomic mass is 10.1. The van der Waals surface area contributed by atoms with Crippen LogP contribution in [0.3, 0.4) is 0 Å². The minimum absolute atomic E-state index is 0.123. The Morgan fingerprint density at radius 3 is 2.41 bits per heavy atom. The SMILES string of the molecule is COc1ccc(NC(=S)NC(=O)c2ccc(C)cc2)cc1-c1ccc(C(=O)O)o1. The highest BCUT2D eigenvalue weighted by molar-refractivity contribution is 7.80. The second kappa shape index (κ2) is 8.57. The van der Waals surface area contributed by atoms with Crippen molar-refractivity contribution in [2.45, 2.75) is 6.92 Å². The molecule has 0 bridgehead atoms. The van der Waals surface area contributed by atoms with Gasteiger partial charge in [-0.1, -0.05) is 17.7 Å². The Morgan fingerprint density at radius 1 is 1.07 bits per heavy atom. The average Bonchev–Trinajstić information content (AvgIpc) is 3.18. The highest BCUT2D eigenvalue weighted by Gasteiger charge is 2.15. The molecular formula is C21H18N2O5S. The number of carbonyl (C=O) groups excluding carboxylic acids is 1. The Hall–Kier alpha value is -3.65. The van der Waals surface area contributed by atoms with Gasteiger partial charge in [0.25, 0.3) is 5.91 Å². The van der Waals surface area contributed by atoms with Gasteiger partial charge >= 0.3 is 5.97 Å². The molecule has 3 aromatic rings. The van der Waals surface area contributed by atoms with Gasteiger partial charge in [-0.25, -0.2) is 4.79 Å². The number of rotatable bonds is 5. The fraction of sp³-hybridized carbons (Fsp3) is 0.0952. The first kappa shape index (κ1) is 20.1. The van der Waals surface area contributed by atoms with Gasteiger partial charge in [-0.3, -0.25) is 10.1 Å². The van der Waals surface area contributed by atoms with E-state index in [-0.39, 0.29) is 16.8 Å². The molecule has 0 saturated carbocycles. The Labute approximate surface area is 172 Å². The first-order valence-electron chi connectivity index (χ1n) is 8.58. The van der Waals surface area contributed by atoms with Crippen molar-refractivity contribution in [3.63, 3.8) is 0 Å². The highest BCUT2D eigenvalue weighted by atomic mass is 32.1. The van der Waals surface area contributed by atoms with Crippen LogP contribution in [0.25, 0.3) is 11.3 Å². The molecule has 7 nitrogen and oxygen atoms in total. The molecule has 29 heavy (non-hydrogen) atoms. The quantitative estimate of drug-likeness (QED) is 0.545. The van der Waals surface area contributed by atoms with Crippen LogP contribution in [0.1, 0.15) is 26.5 Å². The summed E-state index contributed by atoms with van der Waals surface area (Å²) in [6.07, 6.45) is 0. The van der Waals surface area contributed by atoms with Gasteiger partial charge in [-0.15, -0.1) is 0 Å². The minimum atomic E-state index is -1.16. The standard InChI is InChI=1S/C21H18N2O5S/c1-12-3-5-13(6-4-12)19(24)23-21(29)22-14-7-8-16(27-2)15(11-14)17-9-10-18(28-17)20(25)26/h3-11H,1-2H3,(H,25,26)(H2,22,23,24,29). The topological polar surface area (TPSA) is 101 Å². The van der Waals surface area contributed by atoms with Crippen molar-refractivity contribution < 1.29 is 23.8 Å². The summed E-state index contributed by atoms with van der Waals surface area (Å²) < 4.78 is 10.7. The molecule has 0 unspecified atom stereocenters. The van der Waals surface area contributed by atoms with E-state index in [1.807, 2.05) is 19.1 Å². The third kappa shape index (κ3) is 4.80. The number of anilines is 1. The van der Waals surface area contributed by atoms with Crippen molar-refractivity contribution >= 4 is 34.9 Å². The Balaban J connectivity index is 1.76. The van der Waals surface area contributed by atoms with Gasteiger partial charge < -0.3 is 19.6 Å². The Bertz CT molecular complexity index is 1070. The molecule has 0 fully saturated rings. The zero-order valence-corrected chi connectivity index (χ0v) is 16.5. The van der Waals surface area contributed by atoms with Crippen molar-refractivity contribution in [3.8, 4) is 17.1 Å². The molecule has 0 aliphatic rings. The number of methoxy groups -OCH3 is 1. The first-order chi connectivity index (χ1) is 13.9. The number of thiocarbonyl (C=S) groups is 1. The lowest BCUT2D eigenvalue weighted by molar-refractivity contribution is 0.0663. The van der Waals surface area contributed by atoms with E-state index in [0.29, 0.717) is 28.3 Å². The summed E-state index contributed by atoms with van der Waals surface area (Å²) in [5.74, 6) is -0.840. The molecule has 0 aliphatic carbocycles. The van der Waals surface area contributed by atoms with Crippen LogP contribution in [-0.2, 0) is 0 Å².